The van der Waals surface area contributed by atoms with E-state index in [1.807, 2.05) is 6.07 Å². The average Bonchev–Trinajstić information content (AvgIpc) is 3.19. The second-order valence-corrected chi connectivity index (χ2v) is 5.23. The number of aromatic carboxylic acids is 1. The summed E-state index contributed by atoms with van der Waals surface area (Å²) in [5.41, 5.74) is 2.13. The topological polar surface area (TPSA) is 64.3 Å². The van der Waals surface area contributed by atoms with E-state index in [0.29, 0.717) is 17.4 Å². The third-order valence-corrected chi connectivity index (χ3v) is 3.60. The lowest BCUT2D eigenvalue weighted by atomic mass is 9.98. The lowest BCUT2D eigenvalue weighted by Gasteiger charge is -2.12. The van der Waals surface area contributed by atoms with E-state index in [-0.39, 0.29) is 6.61 Å². The Kier molecular flexibility index (Phi) is 3.40. The summed E-state index contributed by atoms with van der Waals surface area (Å²) >= 11 is 4.03. The number of carbonyl (C=O) groups is 1. The van der Waals surface area contributed by atoms with Gasteiger partial charge in [-0.1, -0.05) is 12.1 Å². The van der Waals surface area contributed by atoms with Crippen molar-refractivity contribution in [3.8, 4) is 5.88 Å². The third kappa shape index (κ3) is 2.65. The van der Waals surface area contributed by atoms with Crippen LogP contribution in [-0.4, -0.2) is 20.3 Å². The molecule has 0 saturated heterocycles. The second-order valence-electron chi connectivity index (χ2n) is 4.82. The Bertz CT molecular complexity index is 650. The number of nitrogens with zero attached hydrogens (tertiary/aromatic N) is 2. The minimum Gasteiger partial charge on any atom is -0.478 e. The van der Waals surface area contributed by atoms with Crippen LogP contribution in [0.15, 0.2) is 30.5 Å². The van der Waals surface area contributed by atoms with Crippen molar-refractivity contribution < 1.29 is 14.6 Å². The summed E-state index contributed by atoms with van der Waals surface area (Å²) in [5.74, 6) is -0.0249. The maximum Gasteiger partial charge on any atom is 0.336 e. The number of benzene rings is 1. The molecule has 3 rings (SSSR count). The molecule has 0 atom stereocenters. The summed E-state index contributed by atoms with van der Waals surface area (Å²) in [6, 6.07) is 7.08. The maximum atomic E-state index is 11.3. The first-order valence-electron chi connectivity index (χ1n) is 6.38. The van der Waals surface area contributed by atoms with E-state index in [0.717, 1.165) is 24.0 Å². The molecule has 1 aliphatic carbocycles. The summed E-state index contributed by atoms with van der Waals surface area (Å²) in [5, 5.41) is 13.3. The first kappa shape index (κ1) is 13.1. The van der Waals surface area contributed by atoms with Crippen LogP contribution in [0.25, 0.3) is 0 Å². The molecule has 0 bridgehead atoms. The molecular formula is C14H14N2O3S. The molecule has 1 aromatic carbocycles. The van der Waals surface area contributed by atoms with Crippen LogP contribution in [0.1, 0.15) is 40.2 Å². The summed E-state index contributed by atoms with van der Waals surface area (Å²) in [6.45, 7) is 0.207. The van der Waals surface area contributed by atoms with Crippen molar-refractivity contribution >= 4 is 18.8 Å². The molecule has 0 aliphatic heterocycles. The fourth-order valence-electron chi connectivity index (χ4n) is 2.26. The first-order chi connectivity index (χ1) is 9.65. The third-order valence-electron chi connectivity index (χ3n) is 3.38. The summed E-state index contributed by atoms with van der Waals surface area (Å²) in [4.78, 5) is 11.3. The van der Waals surface area contributed by atoms with Crippen LogP contribution in [-0.2, 0) is 6.61 Å². The molecule has 1 saturated carbocycles. The van der Waals surface area contributed by atoms with Crippen LogP contribution < -0.4 is 4.74 Å². The average molecular weight is 290 g/mol. The molecular weight excluding hydrogens is 276 g/mol. The van der Waals surface area contributed by atoms with Crippen LogP contribution in [0.2, 0.25) is 0 Å². The van der Waals surface area contributed by atoms with Crippen LogP contribution in [0.5, 0.6) is 5.88 Å². The predicted octanol–water partition coefficient (Wildman–Crippen LogP) is 2.73. The van der Waals surface area contributed by atoms with Gasteiger partial charge in [-0.25, -0.2) is 8.88 Å². The minimum atomic E-state index is -0.925. The van der Waals surface area contributed by atoms with Crippen molar-refractivity contribution in [2.45, 2.75) is 25.4 Å². The molecule has 0 radical (unpaired) electrons. The molecule has 1 aliphatic rings. The Morgan fingerprint density at radius 3 is 2.85 bits per heavy atom. The molecule has 1 aromatic heterocycles. The van der Waals surface area contributed by atoms with Gasteiger partial charge in [0.1, 0.15) is 6.61 Å². The number of carboxylic acid groups (broad SMARTS) is 1. The Balaban J connectivity index is 1.87. The fraction of sp³-hybridized carbons (Fsp3) is 0.286. The van der Waals surface area contributed by atoms with Gasteiger partial charge in [-0.15, -0.1) is 5.10 Å². The SMILES string of the molecule is O=C(O)c1cccc(C2CC2)c1COc1ccn(S)n1. The van der Waals surface area contributed by atoms with E-state index < -0.39 is 5.97 Å². The zero-order valence-electron chi connectivity index (χ0n) is 10.7. The standard InChI is InChI=1S/C14H14N2O3S/c17-14(18)11-3-1-2-10(9-4-5-9)12(11)8-19-13-6-7-16(20)15-13/h1-3,6-7,9,20H,4-5,8H2,(H,17,18). The molecule has 6 heteroatoms. The Morgan fingerprint density at radius 1 is 1.45 bits per heavy atom. The van der Waals surface area contributed by atoms with E-state index in [2.05, 4.69) is 17.9 Å². The molecule has 5 nitrogen and oxygen atoms in total. The van der Waals surface area contributed by atoms with Gasteiger partial charge in [-0.3, -0.25) is 0 Å². The van der Waals surface area contributed by atoms with Gasteiger partial charge < -0.3 is 9.84 Å². The first-order valence-corrected chi connectivity index (χ1v) is 6.78. The summed E-state index contributed by atoms with van der Waals surface area (Å²) in [6.07, 6.45) is 3.88. The number of rotatable bonds is 5. The van der Waals surface area contributed by atoms with Crippen molar-refractivity contribution in [1.82, 2.24) is 9.19 Å². The van der Waals surface area contributed by atoms with Gasteiger partial charge in [0.05, 0.1) is 5.56 Å². The van der Waals surface area contributed by atoms with Gasteiger partial charge in [0.2, 0.25) is 5.88 Å². The molecule has 0 spiro atoms. The van der Waals surface area contributed by atoms with Gasteiger partial charge in [0, 0.05) is 17.8 Å². The molecule has 104 valence electrons. The fourth-order valence-corrected chi connectivity index (χ4v) is 2.42. The molecule has 1 heterocycles. The van der Waals surface area contributed by atoms with Gasteiger partial charge >= 0.3 is 5.97 Å². The zero-order chi connectivity index (χ0) is 14.1. The quantitative estimate of drug-likeness (QED) is 0.831. The summed E-state index contributed by atoms with van der Waals surface area (Å²) < 4.78 is 6.93. The van der Waals surface area contributed by atoms with Crippen molar-refractivity contribution in [1.29, 1.82) is 0 Å². The highest BCUT2D eigenvalue weighted by Crippen LogP contribution is 2.42. The molecule has 1 N–H and O–H groups in total. The van der Waals surface area contributed by atoms with Gasteiger partial charge in [0.25, 0.3) is 0 Å². The molecule has 0 amide bonds. The van der Waals surface area contributed by atoms with E-state index in [1.165, 1.54) is 4.09 Å². The Labute approximate surface area is 121 Å². The number of aromatic nitrogens is 2. The number of ether oxygens (including phenoxy) is 1. The molecule has 2 aromatic rings. The lowest BCUT2D eigenvalue weighted by molar-refractivity contribution is 0.0693. The highest BCUT2D eigenvalue weighted by molar-refractivity contribution is 7.78. The van der Waals surface area contributed by atoms with Crippen molar-refractivity contribution in [2.75, 3.05) is 0 Å². The predicted molar refractivity (Wildman–Crippen MR) is 76.3 cm³/mol. The largest absolute Gasteiger partial charge is 0.478 e. The number of hydrogen-bond acceptors (Lipinski definition) is 4. The maximum absolute atomic E-state index is 11.3. The van der Waals surface area contributed by atoms with Crippen LogP contribution >= 0.6 is 12.8 Å². The second kappa shape index (κ2) is 5.20. The molecule has 0 unspecified atom stereocenters. The van der Waals surface area contributed by atoms with Crippen LogP contribution in [0.3, 0.4) is 0 Å². The Hall–Kier alpha value is -1.95. The number of thiol groups is 1. The van der Waals surface area contributed by atoms with Crippen LogP contribution in [0.4, 0.5) is 0 Å². The molecule has 1 fully saturated rings. The smallest absolute Gasteiger partial charge is 0.336 e. The van der Waals surface area contributed by atoms with Crippen molar-refractivity contribution in [3.63, 3.8) is 0 Å². The lowest BCUT2D eigenvalue weighted by Crippen LogP contribution is -2.09. The van der Waals surface area contributed by atoms with Gasteiger partial charge in [-0.2, -0.15) is 0 Å². The van der Waals surface area contributed by atoms with Crippen molar-refractivity contribution in [3.05, 3.63) is 47.2 Å². The highest BCUT2D eigenvalue weighted by Gasteiger charge is 2.28. The van der Waals surface area contributed by atoms with Crippen LogP contribution in [0, 0.1) is 0 Å². The number of hydrogen-bond donors (Lipinski definition) is 2. The monoisotopic (exact) mass is 290 g/mol. The van der Waals surface area contributed by atoms with E-state index in [1.54, 1.807) is 24.4 Å². The van der Waals surface area contributed by atoms with Gasteiger partial charge in [0.15, 0.2) is 0 Å². The van der Waals surface area contributed by atoms with E-state index >= 15 is 0 Å². The van der Waals surface area contributed by atoms with Gasteiger partial charge in [-0.05, 0) is 43.2 Å². The zero-order valence-corrected chi connectivity index (χ0v) is 11.6. The Morgan fingerprint density at radius 2 is 2.25 bits per heavy atom. The summed E-state index contributed by atoms with van der Waals surface area (Å²) in [7, 11) is 0. The van der Waals surface area contributed by atoms with E-state index in [9.17, 15) is 9.90 Å². The minimum absolute atomic E-state index is 0.207. The normalized spacial score (nSPS) is 14.2. The van der Waals surface area contributed by atoms with Crippen molar-refractivity contribution in [2.24, 2.45) is 0 Å². The highest BCUT2D eigenvalue weighted by atomic mass is 32.1. The molecule has 20 heavy (non-hydrogen) atoms. The van der Waals surface area contributed by atoms with E-state index in [4.69, 9.17) is 4.74 Å². The number of carboxylic acids is 1.